The number of methoxy groups -OCH3 is 2. The molecule has 0 N–H and O–H groups in total. The topological polar surface area (TPSA) is 45.0 Å². The number of aromatic nitrogens is 1. The van der Waals surface area contributed by atoms with Gasteiger partial charge in [0, 0.05) is 28.6 Å². The van der Waals surface area contributed by atoms with Crippen LogP contribution in [0.3, 0.4) is 0 Å². The van der Waals surface area contributed by atoms with Crippen LogP contribution in [0.2, 0.25) is 0 Å². The molecule has 1 aromatic heterocycles. The van der Waals surface area contributed by atoms with Crippen LogP contribution in [0.4, 0.5) is 0 Å². The third-order valence-corrected chi connectivity index (χ3v) is 5.63. The summed E-state index contributed by atoms with van der Waals surface area (Å²) < 4.78 is 13.1. The highest BCUT2D eigenvalue weighted by Gasteiger charge is 2.17. The number of hydrogen-bond acceptors (Lipinski definition) is 4. The molecule has 5 heteroatoms. The third-order valence-electron chi connectivity index (χ3n) is 5.63. The fourth-order valence-electron chi connectivity index (χ4n) is 3.95. The van der Waals surface area contributed by atoms with E-state index in [0.29, 0.717) is 6.61 Å². The SMILES string of the molecule is COc1cccc(-n2c(-c3ccccc3)cc(/C(C)=N/OCc3ccccc3OC)c2C)c1. The van der Waals surface area contributed by atoms with Crippen LogP contribution in [0, 0.1) is 6.92 Å². The van der Waals surface area contributed by atoms with Gasteiger partial charge in [0.05, 0.1) is 25.6 Å². The van der Waals surface area contributed by atoms with Crippen molar-refractivity contribution in [1.82, 2.24) is 4.57 Å². The number of ether oxygens (including phenoxy) is 2. The average molecular weight is 441 g/mol. The smallest absolute Gasteiger partial charge is 0.145 e. The molecule has 0 spiro atoms. The Hall–Kier alpha value is -3.99. The molecule has 0 amide bonds. The van der Waals surface area contributed by atoms with Gasteiger partial charge in [-0.15, -0.1) is 0 Å². The Labute approximate surface area is 194 Å². The number of rotatable bonds is 8. The molecule has 0 aliphatic carbocycles. The first-order chi connectivity index (χ1) is 16.1. The lowest BCUT2D eigenvalue weighted by Crippen LogP contribution is -2.03. The molecule has 33 heavy (non-hydrogen) atoms. The fourth-order valence-corrected chi connectivity index (χ4v) is 3.95. The summed E-state index contributed by atoms with van der Waals surface area (Å²) >= 11 is 0. The van der Waals surface area contributed by atoms with E-state index in [-0.39, 0.29) is 0 Å². The number of para-hydroxylation sites is 1. The summed E-state index contributed by atoms with van der Waals surface area (Å²) in [6, 6.07) is 28.3. The highest BCUT2D eigenvalue weighted by Crippen LogP contribution is 2.31. The molecule has 4 rings (SSSR count). The Bertz CT molecular complexity index is 1260. The van der Waals surface area contributed by atoms with Crippen molar-refractivity contribution >= 4 is 5.71 Å². The lowest BCUT2D eigenvalue weighted by atomic mass is 10.1. The quantitative estimate of drug-likeness (QED) is 0.235. The highest BCUT2D eigenvalue weighted by molar-refractivity contribution is 6.01. The number of nitrogens with zero attached hydrogens (tertiary/aromatic N) is 2. The highest BCUT2D eigenvalue weighted by atomic mass is 16.6. The van der Waals surface area contributed by atoms with Crippen LogP contribution in [0.5, 0.6) is 11.5 Å². The molecule has 3 aromatic carbocycles. The predicted molar refractivity (Wildman–Crippen MR) is 132 cm³/mol. The Kier molecular flexibility index (Phi) is 6.79. The lowest BCUT2D eigenvalue weighted by Gasteiger charge is -2.13. The minimum absolute atomic E-state index is 0.336. The first-order valence-corrected chi connectivity index (χ1v) is 10.8. The standard InChI is InChI=1S/C28H28N2O3/c1-20(29-33-19-23-13-8-9-16-28(23)32-4)26-18-27(22-11-6-5-7-12-22)30(21(26)2)24-14-10-15-25(17-24)31-3/h5-18H,19H2,1-4H3/b29-20+. The van der Waals surface area contributed by atoms with E-state index < -0.39 is 0 Å². The molecule has 0 aliphatic heterocycles. The zero-order valence-electron chi connectivity index (χ0n) is 19.4. The third kappa shape index (κ3) is 4.77. The summed E-state index contributed by atoms with van der Waals surface area (Å²) in [6.07, 6.45) is 0. The van der Waals surface area contributed by atoms with Gasteiger partial charge >= 0.3 is 0 Å². The molecule has 4 aromatic rings. The van der Waals surface area contributed by atoms with Crippen molar-refractivity contribution in [2.75, 3.05) is 14.2 Å². The van der Waals surface area contributed by atoms with Crippen molar-refractivity contribution in [3.8, 4) is 28.4 Å². The van der Waals surface area contributed by atoms with Gasteiger partial charge in [-0.25, -0.2) is 0 Å². The van der Waals surface area contributed by atoms with Crippen LogP contribution in [0.25, 0.3) is 16.9 Å². The van der Waals surface area contributed by atoms with E-state index in [2.05, 4.69) is 40.9 Å². The Balaban J connectivity index is 1.71. The van der Waals surface area contributed by atoms with Gasteiger partial charge < -0.3 is 18.9 Å². The van der Waals surface area contributed by atoms with Gasteiger partial charge in [0.25, 0.3) is 0 Å². The van der Waals surface area contributed by atoms with Gasteiger partial charge in [-0.1, -0.05) is 59.8 Å². The molecule has 0 saturated heterocycles. The van der Waals surface area contributed by atoms with Crippen molar-refractivity contribution in [3.05, 3.63) is 102 Å². The molecule has 0 atom stereocenters. The van der Waals surface area contributed by atoms with Gasteiger partial charge in [0.2, 0.25) is 0 Å². The molecule has 168 valence electrons. The average Bonchev–Trinajstić information content (AvgIpc) is 3.22. The summed E-state index contributed by atoms with van der Waals surface area (Å²) in [7, 11) is 3.34. The normalized spacial score (nSPS) is 11.3. The van der Waals surface area contributed by atoms with Crippen LogP contribution in [-0.4, -0.2) is 24.5 Å². The first-order valence-electron chi connectivity index (χ1n) is 10.8. The van der Waals surface area contributed by atoms with Crippen LogP contribution in [-0.2, 0) is 11.4 Å². The van der Waals surface area contributed by atoms with Gasteiger partial charge in [-0.3, -0.25) is 0 Å². The fraction of sp³-hybridized carbons (Fsp3) is 0.179. The van der Waals surface area contributed by atoms with Crippen LogP contribution in [0.15, 0.2) is 90.1 Å². The Morgan fingerprint density at radius 1 is 0.848 bits per heavy atom. The van der Waals surface area contributed by atoms with E-state index in [9.17, 15) is 0 Å². The van der Waals surface area contributed by atoms with Gasteiger partial charge in [-0.05, 0) is 43.7 Å². The largest absolute Gasteiger partial charge is 0.497 e. The second-order valence-corrected chi connectivity index (χ2v) is 7.69. The maximum atomic E-state index is 5.71. The zero-order valence-corrected chi connectivity index (χ0v) is 19.4. The number of oxime groups is 1. The van der Waals surface area contributed by atoms with Crippen molar-refractivity contribution < 1.29 is 14.3 Å². The van der Waals surface area contributed by atoms with E-state index in [4.69, 9.17) is 14.3 Å². The molecule has 0 unspecified atom stereocenters. The van der Waals surface area contributed by atoms with Gasteiger partial charge in [0.15, 0.2) is 0 Å². The Morgan fingerprint density at radius 3 is 2.36 bits per heavy atom. The monoisotopic (exact) mass is 440 g/mol. The zero-order chi connectivity index (χ0) is 23.2. The number of benzene rings is 3. The summed E-state index contributed by atoms with van der Waals surface area (Å²) in [5.41, 5.74) is 7.09. The summed E-state index contributed by atoms with van der Waals surface area (Å²) in [5, 5.41) is 4.42. The van der Waals surface area contributed by atoms with Crippen molar-refractivity contribution in [3.63, 3.8) is 0 Å². The van der Waals surface area contributed by atoms with E-state index in [1.807, 2.05) is 67.6 Å². The van der Waals surface area contributed by atoms with Crippen molar-refractivity contribution in [2.24, 2.45) is 5.16 Å². The molecule has 1 heterocycles. The van der Waals surface area contributed by atoms with Crippen LogP contribution < -0.4 is 9.47 Å². The second-order valence-electron chi connectivity index (χ2n) is 7.69. The van der Waals surface area contributed by atoms with E-state index >= 15 is 0 Å². The molecule has 5 nitrogen and oxygen atoms in total. The molecule has 0 aliphatic rings. The molecule has 0 fully saturated rings. The lowest BCUT2D eigenvalue weighted by molar-refractivity contribution is 0.128. The predicted octanol–water partition coefficient (Wildman–Crippen LogP) is 6.41. The van der Waals surface area contributed by atoms with Crippen molar-refractivity contribution in [1.29, 1.82) is 0 Å². The molecule has 0 radical (unpaired) electrons. The van der Waals surface area contributed by atoms with Crippen LogP contribution >= 0.6 is 0 Å². The summed E-state index contributed by atoms with van der Waals surface area (Å²) in [4.78, 5) is 5.71. The maximum Gasteiger partial charge on any atom is 0.145 e. The van der Waals surface area contributed by atoms with Crippen LogP contribution in [0.1, 0.15) is 23.7 Å². The Morgan fingerprint density at radius 2 is 1.61 bits per heavy atom. The number of hydrogen-bond donors (Lipinski definition) is 0. The summed E-state index contributed by atoms with van der Waals surface area (Å²) in [5.74, 6) is 1.60. The maximum absolute atomic E-state index is 5.71. The summed E-state index contributed by atoms with van der Waals surface area (Å²) in [6.45, 7) is 4.40. The second kappa shape index (κ2) is 10.1. The van der Waals surface area contributed by atoms with Crippen molar-refractivity contribution in [2.45, 2.75) is 20.5 Å². The van der Waals surface area contributed by atoms with Gasteiger partial charge in [-0.2, -0.15) is 0 Å². The molecular weight excluding hydrogens is 412 g/mol. The molecule has 0 bridgehead atoms. The van der Waals surface area contributed by atoms with E-state index in [1.165, 1.54) is 0 Å². The minimum atomic E-state index is 0.336. The van der Waals surface area contributed by atoms with E-state index in [1.54, 1.807) is 14.2 Å². The minimum Gasteiger partial charge on any atom is -0.497 e. The molecular formula is C28H28N2O3. The van der Waals surface area contributed by atoms with Gasteiger partial charge in [0.1, 0.15) is 18.1 Å². The molecule has 0 saturated carbocycles. The first kappa shape index (κ1) is 22.2. The van der Waals surface area contributed by atoms with E-state index in [0.717, 1.165) is 51.0 Å².